The summed E-state index contributed by atoms with van der Waals surface area (Å²) in [5.74, 6) is 3.21. The number of tetrazole rings is 1. The van der Waals surface area contributed by atoms with E-state index in [1.807, 2.05) is 49.9 Å². The third-order valence-electron chi connectivity index (χ3n) is 6.10. The molecule has 0 radical (unpaired) electrons. The van der Waals surface area contributed by atoms with Crippen LogP contribution in [0.1, 0.15) is 46.5 Å². The first-order valence-electron chi connectivity index (χ1n) is 10.9. The molecule has 0 spiro atoms. The highest BCUT2D eigenvalue weighted by Crippen LogP contribution is 2.49. The predicted octanol–water partition coefficient (Wildman–Crippen LogP) is 3.29. The lowest BCUT2D eigenvalue weighted by Crippen LogP contribution is -2.50. The van der Waals surface area contributed by atoms with Crippen molar-refractivity contribution in [3.05, 3.63) is 30.6 Å². The molecule has 0 bridgehead atoms. The average molecular weight is 413 g/mol. The fraction of sp³-hybridized carbons (Fsp3) is 0.636. The first-order chi connectivity index (χ1) is 14.4. The van der Waals surface area contributed by atoms with Crippen molar-refractivity contribution in [3.63, 3.8) is 0 Å². The van der Waals surface area contributed by atoms with Crippen LogP contribution < -0.4 is 10.1 Å². The van der Waals surface area contributed by atoms with Gasteiger partial charge in [-0.05, 0) is 98.9 Å². The van der Waals surface area contributed by atoms with Crippen LogP contribution in [0, 0.1) is 17.8 Å². The third-order valence-corrected chi connectivity index (χ3v) is 6.10. The van der Waals surface area contributed by atoms with Crippen LogP contribution in [0.4, 0.5) is 4.79 Å². The van der Waals surface area contributed by atoms with E-state index < -0.39 is 0 Å². The van der Waals surface area contributed by atoms with Gasteiger partial charge >= 0.3 is 6.03 Å². The highest BCUT2D eigenvalue weighted by molar-refractivity contribution is 5.75. The number of aromatic nitrogens is 4. The van der Waals surface area contributed by atoms with Crippen LogP contribution in [0.3, 0.4) is 0 Å². The quantitative estimate of drug-likeness (QED) is 0.787. The van der Waals surface area contributed by atoms with Gasteiger partial charge in [-0.2, -0.15) is 0 Å². The van der Waals surface area contributed by atoms with Crippen molar-refractivity contribution in [2.75, 3.05) is 19.7 Å². The Kier molecular flexibility index (Phi) is 5.92. The summed E-state index contributed by atoms with van der Waals surface area (Å²) in [6.45, 7) is 8.57. The number of amides is 2. The largest absolute Gasteiger partial charge is 0.494 e. The number of carbonyl (C=O) groups is 1. The number of rotatable bonds is 6. The maximum absolute atomic E-state index is 12.3. The highest BCUT2D eigenvalue weighted by atomic mass is 16.5. The first kappa shape index (κ1) is 20.6. The van der Waals surface area contributed by atoms with Gasteiger partial charge in [-0.25, -0.2) is 9.48 Å². The van der Waals surface area contributed by atoms with E-state index in [2.05, 4.69) is 20.8 Å². The van der Waals surface area contributed by atoms with Crippen LogP contribution in [0.15, 0.2) is 30.6 Å². The zero-order valence-electron chi connectivity index (χ0n) is 18.1. The van der Waals surface area contributed by atoms with Gasteiger partial charge in [0.1, 0.15) is 12.1 Å². The predicted molar refractivity (Wildman–Crippen MR) is 113 cm³/mol. The summed E-state index contributed by atoms with van der Waals surface area (Å²) in [6, 6.07) is 7.90. The lowest BCUT2D eigenvalue weighted by molar-refractivity contribution is 0.155. The van der Waals surface area contributed by atoms with E-state index in [0.29, 0.717) is 0 Å². The van der Waals surface area contributed by atoms with Crippen LogP contribution in [0.2, 0.25) is 0 Å². The van der Waals surface area contributed by atoms with E-state index >= 15 is 0 Å². The molecule has 2 atom stereocenters. The number of ether oxygens (including phenoxy) is 1. The number of benzene rings is 1. The Morgan fingerprint density at radius 1 is 1.20 bits per heavy atom. The van der Waals surface area contributed by atoms with E-state index in [4.69, 9.17) is 4.74 Å². The van der Waals surface area contributed by atoms with Crippen molar-refractivity contribution in [3.8, 4) is 11.4 Å². The first-order valence-corrected chi connectivity index (χ1v) is 10.9. The number of carbonyl (C=O) groups excluding carboxylic acids is 1. The lowest BCUT2D eigenvalue weighted by Gasteiger charge is -2.34. The Labute approximate surface area is 178 Å². The molecule has 2 fully saturated rings. The topological polar surface area (TPSA) is 85.2 Å². The van der Waals surface area contributed by atoms with E-state index in [9.17, 15) is 4.79 Å². The second-order valence-electron chi connectivity index (χ2n) is 9.55. The van der Waals surface area contributed by atoms with Gasteiger partial charge in [-0.3, -0.25) is 0 Å². The summed E-state index contributed by atoms with van der Waals surface area (Å²) < 4.78 is 7.56. The number of nitrogens with zero attached hydrogens (tertiary/aromatic N) is 5. The fourth-order valence-electron chi connectivity index (χ4n) is 4.41. The number of piperidine rings is 1. The van der Waals surface area contributed by atoms with Crippen molar-refractivity contribution >= 4 is 6.03 Å². The van der Waals surface area contributed by atoms with Crippen molar-refractivity contribution in [1.29, 1.82) is 0 Å². The van der Waals surface area contributed by atoms with Crippen LogP contribution in [-0.2, 0) is 0 Å². The van der Waals surface area contributed by atoms with E-state index in [1.165, 1.54) is 6.42 Å². The number of urea groups is 1. The maximum Gasteiger partial charge on any atom is 0.317 e. The van der Waals surface area contributed by atoms with Gasteiger partial charge in [-0.15, -0.1) is 5.10 Å². The van der Waals surface area contributed by atoms with Crippen LogP contribution in [-0.4, -0.2) is 56.4 Å². The summed E-state index contributed by atoms with van der Waals surface area (Å²) in [4.78, 5) is 14.3. The van der Waals surface area contributed by atoms with Gasteiger partial charge in [0, 0.05) is 18.6 Å². The van der Waals surface area contributed by atoms with Gasteiger partial charge in [0.25, 0.3) is 0 Å². The summed E-state index contributed by atoms with van der Waals surface area (Å²) >= 11 is 0. The summed E-state index contributed by atoms with van der Waals surface area (Å²) in [5, 5.41) is 14.2. The molecule has 8 heteroatoms. The van der Waals surface area contributed by atoms with Crippen molar-refractivity contribution in [1.82, 2.24) is 30.4 Å². The Morgan fingerprint density at radius 2 is 1.93 bits per heavy atom. The molecule has 8 nitrogen and oxygen atoms in total. The Hall–Kier alpha value is -2.64. The number of nitrogens with one attached hydrogen (secondary N) is 1. The fourth-order valence-corrected chi connectivity index (χ4v) is 4.41. The van der Waals surface area contributed by atoms with E-state index in [0.717, 1.165) is 68.1 Å². The monoisotopic (exact) mass is 412 g/mol. The van der Waals surface area contributed by atoms with E-state index in [1.54, 1.807) is 11.0 Å². The second-order valence-corrected chi connectivity index (χ2v) is 9.55. The SMILES string of the molecule is CC(C)(C)NC(=O)N1CCC([C@H]2CC2CCOc2ccc(-n3cnnn3)cc2)CC1. The van der Waals surface area contributed by atoms with Gasteiger partial charge in [0.15, 0.2) is 0 Å². The van der Waals surface area contributed by atoms with Crippen LogP contribution in [0.5, 0.6) is 5.75 Å². The molecule has 2 aromatic rings. The lowest BCUT2D eigenvalue weighted by atomic mass is 9.90. The van der Waals surface area contributed by atoms with Gasteiger partial charge in [-0.1, -0.05) is 0 Å². The number of hydrogen-bond acceptors (Lipinski definition) is 5. The van der Waals surface area contributed by atoms with E-state index in [-0.39, 0.29) is 11.6 Å². The second kappa shape index (κ2) is 8.62. The van der Waals surface area contributed by atoms with Crippen LogP contribution in [0.25, 0.3) is 5.69 Å². The Bertz CT molecular complexity index is 822. The minimum atomic E-state index is -0.177. The molecule has 2 amide bonds. The Balaban J connectivity index is 1.15. The molecule has 1 unspecified atom stereocenters. The summed E-state index contributed by atoms with van der Waals surface area (Å²) in [6.07, 6.45) is 6.23. The molecular weight excluding hydrogens is 380 g/mol. The van der Waals surface area contributed by atoms with Gasteiger partial charge in [0.05, 0.1) is 12.3 Å². The molecule has 2 heterocycles. The molecule has 1 aromatic heterocycles. The maximum atomic E-state index is 12.3. The average Bonchev–Trinajstić information content (AvgIpc) is 3.27. The standard InChI is InChI=1S/C22H32N6O2/c1-22(2,3)24-21(29)27-11-8-16(9-12-27)20-14-17(20)10-13-30-19-6-4-18(5-7-19)28-15-23-25-26-28/h4-7,15-17,20H,8-14H2,1-3H3,(H,24,29)/t17?,20-/m1/s1. The van der Waals surface area contributed by atoms with Crippen molar-refractivity contribution < 1.29 is 9.53 Å². The zero-order valence-corrected chi connectivity index (χ0v) is 18.1. The minimum absolute atomic E-state index is 0.0767. The number of hydrogen-bond donors (Lipinski definition) is 1. The smallest absolute Gasteiger partial charge is 0.317 e. The minimum Gasteiger partial charge on any atom is -0.494 e. The number of likely N-dealkylation sites (tertiary alicyclic amines) is 1. The van der Waals surface area contributed by atoms with Gasteiger partial charge in [0.2, 0.25) is 0 Å². The summed E-state index contributed by atoms with van der Waals surface area (Å²) in [5.41, 5.74) is 0.737. The summed E-state index contributed by atoms with van der Waals surface area (Å²) in [7, 11) is 0. The van der Waals surface area contributed by atoms with Crippen molar-refractivity contribution in [2.45, 2.75) is 52.0 Å². The molecule has 30 heavy (non-hydrogen) atoms. The molecule has 162 valence electrons. The zero-order chi connectivity index (χ0) is 21.1. The van der Waals surface area contributed by atoms with Crippen LogP contribution >= 0.6 is 0 Å². The molecule has 1 saturated heterocycles. The molecule has 1 aliphatic heterocycles. The Morgan fingerprint density at radius 3 is 2.57 bits per heavy atom. The molecule has 1 aliphatic carbocycles. The third kappa shape index (κ3) is 5.29. The highest BCUT2D eigenvalue weighted by Gasteiger charge is 2.43. The molecule has 2 aliphatic rings. The molecule has 1 aromatic carbocycles. The molecule has 1 saturated carbocycles. The van der Waals surface area contributed by atoms with Crippen molar-refractivity contribution in [2.24, 2.45) is 17.8 Å². The molecule has 4 rings (SSSR count). The molecule has 1 N–H and O–H groups in total. The normalized spacial score (nSPS) is 22.0. The molecular formula is C22H32N6O2. The van der Waals surface area contributed by atoms with Gasteiger partial charge < -0.3 is 15.0 Å².